The second-order valence-corrected chi connectivity index (χ2v) is 3.09. The zero-order valence-corrected chi connectivity index (χ0v) is 6.79. The number of rotatable bonds is 1. The number of hydrogen-bond acceptors (Lipinski definition) is 5. The summed E-state index contributed by atoms with van der Waals surface area (Å²) >= 11 is 0. The van der Waals surface area contributed by atoms with Crippen molar-refractivity contribution in [1.82, 2.24) is 0 Å². The predicted octanol–water partition coefficient (Wildman–Crippen LogP) is -1.95. The van der Waals surface area contributed by atoms with Crippen LogP contribution in [-0.4, -0.2) is 51.6 Å². The molecule has 5 atom stereocenters. The van der Waals surface area contributed by atoms with Crippen molar-refractivity contribution in [1.29, 1.82) is 0 Å². The minimum atomic E-state index is -1.32. The van der Waals surface area contributed by atoms with E-state index in [0.29, 0.717) is 0 Å². The van der Waals surface area contributed by atoms with Crippen molar-refractivity contribution < 1.29 is 25.2 Å². The van der Waals surface area contributed by atoms with Crippen LogP contribution in [0.3, 0.4) is 0 Å². The second-order valence-electron chi connectivity index (χ2n) is 3.09. The Bertz CT molecular complexity index is 146. The van der Waals surface area contributed by atoms with Gasteiger partial charge in [0.25, 0.3) is 0 Å². The first-order valence-corrected chi connectivity index (χ1v) is 3.88. The van der Waals surface area contributed by atoms with Gasteiger partial charge in [-0.2, -0.15) is 0 Å². The van der Waals surface area contributed by atoms with Crippen LogP contribution in [0.4, 0.5) is 0 Å². The van der Waals surface area contributed by atoms with Crippen LogP contribution in [-0.2, 0) is 4.74 Å². The van der Waals surface area contributed by atoms with Gasteiger partial charge in [0.1, 0.15) is 12.2 Å². The molecule has 1 rings (SSSR count). The molecule has 5 heteroatoms. The molecule has 72 valence electrons. The molecule has 0 radical (unpaired) electrons. The maximum absolute atomic E-state index is 9.37. The zero-order valence-electron chi connectivity index (χ0n) is 6.79. The molecule has 3 unspecified atom stereocenters. The van der Waals surface area contributed by atoms with Gasteiger partial charge >= 0.3 is 0 Å². The summed E-state index contributed by atoms with van der Waals surface area (Å²) in [4.78, 5) is 0. The molecule has 0 saturated carbocycles. The fraction of sp³-hybridized carbons (Fsp3) is 1.00. The van der Waals surface area contributed by atoms with Crippen LogP contribution in [0.15, 0.2) is 0 Å². The second kappa shape index (κ2) is 3.68. The van der Waals surface area contributed by atoms with Crippen molar-refractivity contribution in [2.75, 3.05) is 6.61 Å². The molecule has 0 aliphatic carbocycles. The summed E-state index contributed by atoms with van der Waals surface area (Å²) in [7, 11) is 0. The lowest BCUT2D eigenvalue weighted by molar-refractivity contribution is -0.271. The molecule has 0 aromatic heterocycles. The standard InChI is InChI=1S/C7H14O5/c1-3-5(9)4(2-8)12-7(11)6(3)10/h3-11H,2H2,1H3/t3-,4?,5-,6?,7?/m0/s1. The van der Waals surface area contributed by atoms with E-state index in [0.717, 1.165) is 0 Å². The van der Waals surface area contributed by atoms with Crippen LogP contribution >= 0.6 is 0 Å². The Morgan fingerprint density at radius 2 is 1.75 bits per heavy atom. The van der Waals surface area contributed by atoms with Gasteiger partial charge in [0, 0.05) is 5.92 Å². The number of hydrogen-bond donors (Lipinski definition) is 4. The Morgan fingerprint density at radius 1 is 1.17 bits per heavy atom. The van der Waals surface area contributed by atoms with Crippen LogP contribution in [0, 0.1) is 5.92 Å². The average molecular weight is 178 g/mol. The molecule has 4 N–H and O–H groups in total. The van der Waals surface area contributed by atoms with E-state index in [1.54, 1.807) is 6.92 Å². The summed E-state index contributed by atoms with van der Waals surface area (Å²) in [5, 5.41) is 36.4. The highest BCUT2D eigenvalue weighted by Crippen LogP contribution is 2.24. The average Bonchev–Trinajstić information content (AvgIpc) is 2.08. The summed E-state index contributed by atoms with van der Waals surface area (Å²) in [5.74, 6) is -0.495. The summed E-state index contributed by atoms with van der Waals surface area (Å²) in [6, 6.07) is 0. The quantitative estimate of drug-likeness (QED) is 0.375. The van der Waals surface area contributed by atoms with E-state index in [4.69, 9.17) is 14.9 Å². The normalized spacial score (nSPS) is 49.2. The van der Waals surface area contributed by atoms with E-state index < -0.39 is 30.5 Å². The number of aliphatic hydroxyl groups is 4. The fourth-order valence-electron chi connectivity index (χ4n) is 1.29. The van der Waals surface area contributed by atoms with Crippen molar-refractivity contribution in [3.05, 3.63) is 0 Å². The first-order valence-electron chi connectivity index (χ1n) is 3.88. The highest BCUT2D eigenvalue weighted by atomic mass is 16.6. The van der Waals surface area contributed by atoms with Crippen LogP contribution in [0.1, 0.15) is 6.92 Å². The predicted molar refractivity (Wildman–Crippen MR) is 39.1 cm³/mol. The maximum atomic E-state index is 9.37. The topological polar surface area (TPSA) is 90.2 Å². The van der Waals surface area contributed by atoms with Gasteiger partial charge in [0.15, 0.2) is 6.29 Å². The van der Waals surface area contributed by atoms with Crippen molar-refractivity contribution >= 4 is 0 Å². The van der Waals surface area contributed by atoms with Gasteiger partial charge in [-0.3, -0.25) is 0 Å². The van der Waals surface area contributed by atoms with Gasteiger partial charge < -0.3 is 25.2 Å². The molecule has 0 aromatic rings. The van der Waals surface area contributed by atoms with Gasteiger partial charge in [-0.05, 0) is 0 Å². The van der Waals surface area contributed by atoms with Gasteiger partial charge in [0.2, 0.25) is 0 Å². The summed E-state index contributed by atoms with van der Waals surface area (Å²) < 4.78 is 4.74. The summed E-state index contributed by atoms with van der Waals surface area (Å²) in [6.45, 7) is 1.22. The van der Waals surface area contributed by atoms with Crippen LogP contribution in [0.5, 0.6) is 0 Å². The lowest BCUT2D eigenvalue weighted by atomic mass is 9.91. The Kier molecular flexibility index (Phi) is 3.03. The SMILES string of the molecule is C[C@@H]1C(O)C(O)OC(CO)[C@H]1O. The van der Waals surface area contributed by atoms with Gasteiger partial charge in [-0.15, -0.1) is 0 Å². The fourth-order valence-corrected chi connectivity index (χ4v) is 1.29. The van der Waals surface area contributed by atoms with Crippen molar-refractivity contribution in [2.45, 2.75) is 31.5 Å². The molecule has 1 heterocycles. The van der Waals surface area contributed by atoms with Gasteiger partial charge in [-0.1, -0.05) is 6.92 Å². The molecule has 1 saturated heterocycles. The summed E-state index contributed by atoms with van der Waals surface area (Å²) in [5.41, 5.74) is 0. The third-order valence-corrected chi connectivity index (χ3v) is 2.24. The molecule has 1 aliphatic rings. The lowest BCUT2D eigenvalue weighted by Gasteiger charge is -2.38. The number of aliphatic hydroxyl groups excluding tert-OH is 4. The van der Waals surface area contributed by atoms with E-state index in [2.05, 4.69) is 0 Å². The zero-order chi connectivity index (χ0) is 9.30. The minimum Gasteiger partial charge on any atom is -0.394 e. The van der Waals surface area contributed by atoms with E-state index in [1.165, 1.54) is 0 Å². The van der Waals surface area contributed by atoms with Crippen LogP contribution in [0.2, 0.25) is 0 Å². The molecule has 1 aliphatic heterocycles. The Balaban J connectivity index is 2.63. The van der Waals surface area contributed by atoms with E-state index in [-0.39, 0.29) is 6.61 Å². The molecule has 0 spiro atoms. The molecular formula is C7H14O5. The highest BCUT2D eigenvalue weighted by molar-refractivity contribution is 4.85. The molecule has 0 amide bonds. The van der Waals surface area contributed by atoms with Crippen LogP contribution in [0.25, 0.3) is 0 Å². The molecular weight excluding hydrogens is 164 g/mol. The minimum absolute atomic E-state index is 0.366. The third-order valence-electron chi connectivity index (χ3n) is 2.24. The van der Waals surface area contributed by atoms with Crippen molar-refractivity contribution in [3.63, 3.8) is 0 Å². The Hall–Kier alpha value is -0.200. The molecule has 0 aromatic carbocycles. The monoisotopic (exact) mass is 178 g/mol. The summed E-state index contributed by atoms with van der Waals surface area (Å²) in [6.07, 6.45) is -4.16. The smallest absolute Gasteiger partial charge is 0.181 e. The first kappa shape index (κ1) is 9.88. The maximum Gasteiger partial charge on any atom is 0.181 e. The largest absolute Gasteiger partial charge is 0.394 e. The van der Waals surface area contributed by atoms with E-state index in [1.807, 2.05) is 0 Å². The van der Waals surface area contributed by atoms with Gasteiger partial charge in [0.05, 0.1) is 12.7 Å². The van der Waals surface area contributed by atoms with Gasteiger partial charge in [-0.25, -0.2) is 0 Å². The van der Waals surface area contributed by atoms with E-state index in [9.17, 15) is 10.2 Å². The van der Waals surface area contributed by atoms with Crippen molar-refractivity contribution in [2.24, 2.45) is 5.92 Å². The number of ether oxygens (including phenoxy) is 1. The lowest BCUT2D eigenvalue weighted by Crippen LogP contribution is -2.54. The molecule has 0 bridgehead atoms. The molecule has 1 fully saturated rings. The van der Waals surface area contributed by atoms with E-state index >= 15 is 0 Å². The highest BCUT2D eigenvalue weighted by Gasteiger charge is 2.40. The van der Waals surface area contributed by atoms with Crippen molar-refractivity contribution in [3.8, 4) is 0 Å². The molecule has 5 nitrogen and oxygen atoms in total. The Morgan fingerprint density at radius 3 is 2.25 bits per heavy atom. The first-order chi connectivity index (χ1) is 5.57. The molecule has 12 heavy (non-hydrogen) atoms. The Labute approximate surface area is 70.2 Å². The third kappa shape index (κ3) is 1.60. The van der Waals surface area contributed by atoms with Crippen LogP contribution < -0.4 is 0 Å².